The van der Waals surface area contributed by atoms with Gasteiger partial charge in [0, 0.05) is 26.0 Å². The number of aromatic nitrogens is 3. The quantitative estimate of drug-likeness (QED) is 0.780. The zero-order valence-corrected chi connectivity index (χ0v) is 15.2. The molecule has 0 spiro atoms. The molecular weight excluding hydrogens is 384 g/mol. The second kappa shape index (κ2) is 6.21. The van der Waals surface area contributed by atoms with E-state index in [-0.39, 0.29) is 11.1 Å². The van der Waals surface area contributed by atoms with Crippen molar-refractivity contribution in [2.75, 3.05) is 13.1 Å². The lowest BCUT2D eigenvalue weighted by molar-refractivity contribution is 0.205. The van der Waals surface area contributed by atoms with Gasteiger partial charge in [0.2, 0.25) is 5.88 Å². The molecule has 0 saturated carbocycles. The van der Waals surface area contributed by atoms with Gasteiger partial charge >= 0.3 is 0 Å². The Morgan fingerprint density at radius 3 is 2.87 bits per heavy atom. The van der Waals surface area contributed by atoms with Gasteiger partial charge in [0.25, 0.3) is 10.0 Å². The number of rotatable bonds is 4. The third-order valence-electron chi connectivity index (χ3n) is 3.80. The fraction of sp³-hybridized carbons (Fsp3) is 0.429. The van der Waals surface area contributed by atoms with Gasteiger partial charge in [-0.3, -0.25) is 0 Å². The van der Waals surface area contributed by atoms with Crippen molar-refractivity contribution in [3.05, 3.63) is 34.8 Å². The molecule has 1 atom stereocenters. The number of nitrogens with zero attached hydrogens (tertiary/aromatic N) is 4. The number of imidazole rings is 1. The highest BCUT2D eigenvalue weighted by Crippen LogP contribution is 2.26. The summed E-state index contributed by atoms with van der Waals surface area (Å²) in [5.41, 5.74) is 0. The summed E-state index contributed by atoms with van der Waals surface area (Å²) in [5.74, 6) is 1.14. The van der Waals surface area contributed by atoms with Crippen LogP contribution in [0, 0.1) is 6.92 Å². The van der Waals surface area contributed by atoms with Crippen LogP contribution in [0.2, 0.25) is 0 Å². The molecule has 0 amide bonds. The van der Waals surface area contributed by atoms with Crippen molar-refractivity contribution < 1.29 is 13.2 Å². The summed E-state index contributed by atoms with van der Waals surface area (Å²) < 4.78 is 34.9. The lowest BCUT2D eigenvalue weighted by atomic mass is 10.3. The first-order valence-corrected chi connectivity index (χ1v) is 9.38. The molecule has 2 aromatic heterocycles. The second-order valence-corrected chi connectivity index (χ2v) is 8.16. The first-order valence-electron chi connectivity index (χ1n) is 7.15. The predicted octanol–water partition coefficient (Wildman–Crippen LogP) is 1.73. The highest BCUT2D eigenvalue weighted by atomic mass is 79.9. The van der Waals surface area contributed by atoms with Gasteiger partial charge < -0.3 is 9.30 Å². The summed E-state index contributed by atoms with van der Waals surface area (Å²) >= 11 is 3.37. The van der Waals surface area contributed by atoms with E-state index in [1.54, 1.807) is 30.8 Å². The Morgan fingerprint density at radius 2 is 2.22 bits per heavy atom. The van der Waals surface area contributed by atoms with Gasteiger partial charge in [0.1, 0.15) is 11.9 Å². The van der Waals surface area contributed by atoms with Crippen molar-refractivity contribution in [3.8, 4) is 5.88 Å². The molecule has 0 aromatic carbocycles. The van der Waals surface area contributed by atoms with Crippen molar-refractivity contribution in [1.29, 1.82) is 0 Å². The molecule has 1 aliphatic rings. The summed E-state index contributed by atoms with van der Waals surface area (Å²) in [5, 5.41) is 0.0807. The van der Waals surface area contributed by atoms with Crippen molar-refractivity contribution in [2.45, 2.75) is 24.5 Å². The van der Waals surface area contributed by atoms with Crippen LogP contribution in [0.1, 0.15) is 12.2 Å². The average molecular weight is 401 g/mol. The van der Waals surface area contributed by atoms with Crippen LogP contribution in [-0.2, 0) is 17.1 Å². The van der Waals surface area contributed by atoms with E-state index in [1.165, 1.54) is 10.5 Å². The number of pyridine rings is 1. The van der Waals surface area contributed by atoms with Crippen molar-refractivity contribution in [2.24, 2.45) is 7.05 Å². The summed E-state index contributed by atoms with van der Waals surface area (Å²) in [4.78, 5) is 8.27. The Hall–Kier alpha value is -1.45. The molecule has 0 aliphatic carbocycles. The largest absolute Gasteiger partial charge is 0.472 e. The molecule has 7 nitrogen and oxygen atoms in total. The van der Waals surface area contributed by atoms with Crippen LogP contribution in [0.5, 0.6) is 5.88 Å². The average Bonchev–Trinajstić information content (AvgIpc) is 3.10. The van der Waals surface area contributed by atoms with E-state index in [0.29, 0.717) is 31.2 Å². The van der Waals surface area contributed by atoms with Gasteiger partial charge in [-0.15, -0.1) is 0 Å². The first-order chi connectivity index (χ1) is 10.9. The third kappa shape index (κ3) is 3.26. The second-order valence-electron chi connectivity index (χ2n) is 5.42. The standard InChI is InChI=1S/C14H17BrN4O3S/c1-10-17-13(9-18(10)2)23(20,21)19-7-5-11(8-19)22-14-12(15)4-3-6-16-14/h3-4,6,9,11H,5,7-8H2,1-2H3. The molecule has 1 saturated heterocycles. The number of halogens is 1. The van der Waals surface area contributed by atoms with Crippen LogP contribution >= 0.6 is 15.9 Å². The van der Waals surface area contributed by atoms with Gasteiger partial charge in [-0.05, 0) is 41.4 Å². The normalized spacial score (nSPS) is 19.2. The molecule has 3 rings (SSSR count). The van der Waals surface area contributed by atoms with Crippen LogP contribution in [0.25, 0.3) is 0 Å². The topological polar surface area (TPSA) is 77.3 Å². The summed E-state index contributed by atoms with van der Waals surface area (Å²) in [7, 11) is -1.81. The van der Waals surface area contributed by atoms with Gasteiger partial charge in [-0.2, -0.15) is 4.31 Å². The zero-order valence-electron chi connectivity index (χ0n) is 12.8. The van der Waals surface area contributed by atoms with Crippen LogP contribution in [0.4, 0.5) is 0 Å². The molecule has 2 aromatic rings. The van der Waals surface area contributed by atoms with E-state index in [2.05, 4.69) is 25.9 Å². The number of ether oxygens (including phenoxy) is 1. The highest BCUT2D eigenvalue weighted by molar-refractivity contribution is 9.10. The Bertz CT molecular complexity index is 802. The van der Waals surface area contributed by atoms with E-state index >= 15 is 0 Å². The molecule has 1 unspecified atom stereocenters. The smallest absolute Gasteiger partial charge is 0.262 e. The van der Waals surface area contributed by atoms with Gasteiger partial charge in [0.05, 0.1) is 11.0 Å². The highest BCUT2D eigenvalue weighted by Gasteiger charge is 2.35. The predicted molar refractivity (Wildman–Crippen MR) is 87.7 cm³/mol. The summed E-state index contributed by atoms with van der Waals surface area (Å²) in [6.07, 6.45) is 3.57. The van der Waals surface area contributed by atoms with Crippen LogP contribution < -0.4 is 4.74 Å². The Morgan fingerprint density at radius 1 is 1.43 bits per heavy atom. The minimum atomic E-state index is -3.59. The van der Waals surface area contributed by atoms with Crippen LogP contribution in [-0.4, -0.2) is 46.5 Å². The van der Waals surface area contributed by atoms with Crippen LogP contribution in [0.3, 0.4) is 0 Å². The molecule has 0 radical (unpaired) electrons. The Balaban J connectivity index is 1.73. The number of aryl methyl sites for hydroxylation is 2. The van der Waals surface area contributed by atoms with Crippen molar-refractivity contribution >= 4 is 26.0 Å². The minimum absolute atomic E-state index is 0.0807. The molecule has 0 N–H and O–H groups in total. The maximum atomic E-state index is 12.6. The van der Waals surface area contributed by atoms with Crippen LogP contribution in [0.15, 0.2) is 34.0 Å². The van der Waals surface area contributed by atoms with Crippen molar-refractivity contribution in [1.82, 2.24) is 18.8 Å². The van der Waals surface area contributed by atoms with E-state index in [4.69, 9.17) is 4.74 Å². The number of hydrogen-bond acceptors (Lipinski definition) is 5. The Kier molecular flexibility index (Phi) is 4.43. The maximum Gasteiger partial charge on any atom is 0.262 e. The minimum Gasteiger partial charge on any atom is -0.472 e. The van der Waals surface area contributed by atoms with Gasteiger partial charge in [0.15, 0.2) is 5.03 Å². The Labute approximate surface area is 143 Å². The summed E-state index contributed by atoms with van der Waals surface area (Å²) in [6.45, 7) is 2.47. The molecular formula is C14H17BrN4O3S. The number of hydrogen-bond donors (Lipinski definition) is 0. The first kappa shape index (κ1) is 16.4. The molecule has 1 aliphatic heterocycles. The van der Waals surface area contributed by atoms with E-state index in [9.17, 15) is 8.42 Å². The summed E-state index contributed by atoms with van der Waals surface area (Å²) in [6, 6.07) is 3.63. The number of sulfonamides is 1. The molecule has 1 fully saturated rings. The lowest BCUT2D eigenvalue weighted by Gasteiger charge is -2.16. The van der Waals surface area contributed by atoms with E-state index in [0.717, 1.165) is 4.47 Å². The molecule has 9 heteroatoms. The molecule has 23 heavy (non-hydrogen) atoms. The van der Waals surface area contributed by atoms with Gasteiger partial charge in [-0.25, -0.2) is 18.4 Å². The third-order valence-corrected chi connectivity index (χ3v) is 6.14. The van der Waals surface area contributed by atoms with E-state index in [1.807, 2.05) is 6.07 Å². The molecule has 0 bridgehead atoms. The maximum absolute atomic E-state index is 12.6. The fourth-order valence-electron chi connectivity index (χ4n) is 2.41. The SMILES string of the molecule is Cc1nc(S(=O)(=O)N2CCC(Oc3ncccc3Br)C2)cn1C. The monoisotopic (exact) mass is 400 g/mol. The van der Waals surface area contributed by atoms with Crippen molar-refractivity contribution in [3.63, 3.8) is 0 Å². The zero-order chi connectivity index (χ0) is 16.6. The fourth-order valence-corrected chi connectivity index (χ4v) is 4.27. The molecule has 3 heterocycles. The van der Waals surface area contributed by atoms with E-state index < -0.39 is 10.0 Å². The van der Waals surface area contributed by atoms with Gasteiger partial charge in [-0.1, -0.05) is 0 Å². The lowest BCUT2D eigenvalue weighted by Crippen LogP contribution is -2.31. The molecule has 124 valence electrons.